The van der Waals surface area contributed by atoms with E-state index in [1.165, 1.54) is 24.1 Å². The van der Waals surface area contributed by atoms with Gasteiger partial charge in [-0.3, -0.25) is 13.9 Å². The highest BCUT2D eigenvalue weighted by atomic mass is 32.2. The summed E-state index contributed by atoms with van der Waals surface area (Å²) in [4.78, 5) is 28.9. The monoisotopic (exact) mass is 565 g/mol. The normalized spacial score (nSPS) is 12.1. The lowest BCUT2D eigenvalue weighted by atomic mass is 10.1. The molecule has 0 aromatic heterocycles. The third-order valence-electron chi connectivity index (χ3n) is 6.50. The van der Waals surface area contributed by atoms with Gasteiger partial charge in [0.25, 0.3) is 10.0 Å². The predicted octanol–water partition coefficient (Wildman–Crippen LogP) is 4.78. The van der Waals surface area contributed by atoms with Crippen molar-refractivity contribution < 1.29 is 22.7 Å². The molecule has 0 bridgehead atoms. The largest absolute Gasteiger partial charge is 0.497 e. The van der Waals surface area contributed by atoms with E-state index in [1.807, 2.05) is 52.0 Å². The van der Waals surface area contributed by atoms with Crippen LogP contribution in [0.5, 0.6) is 5.75 Å². The van der Waals surface area contributed by atoms with Crippen molar-refractivity contribution >= 4 is 27.5 Å². The lowest BCUT2D eigenvalue weighted by Crippen LogP contribution is -2.52. The lowest BCUT2D eigenvalue weighted by Gasteiger charge is -2.33. The van der Waals surface area contributed by atoms with Gasteiger partial charge in [-0.15, -0.1) is 0 Å². The van der Waals surface area contributed by atoms with E-state index in [0.29, 0.717) is 18.7 Å². The summed E-state index contributed by atoms with van der Waals surface area (Å²) in [5.41, 5.74) is 2.19. The van der Waals surface area contributed by atoms with E-state index in [0.717, 1.165) is 15.4 Å². The van der Waals surface area contributed by atoms with Crippen molar-refractivity contribution in [2.75, 3.05) is 24.5 Å². The maximum Gasteiger partial charge on any atom is 0.264 e. The number of ether oxygens (including phenoxy) is 1. The summed E-state index contributed by atoms with van der Waals surface area (Å²) in [6.45, 7) is 7.94. The molecule has 0 aliphatic carbocycles. The van der Waals surface area contributed by atoms with Crippen molar-refractivity contribution in [1.82, 2.24) is 10.2 Å². The summed E-state index contributed by atoms with van der Waals surface area (Å²) in [6, 6.07) is 21.5. The van der Waals surface area contributed by atoms with Crippen molar-refractivity contribution in [3.63, 3.8) is 0 Å². The van der Waals surface area contributed by atoms with Gasteiger partial charge in [0.05, 0.1) is 17.7 Å². The maximum absolute atomic E-state index is 14.1. The van der Waals surface area contributed by atoms with Crippen LogP contribution in [-0.4, -0.2) is 51.4 Å². The molecule has 0 fully saturated rings. The molecule has 0 saturated heterocycles. The molecule has 0 spiro atoms. The first-order chi connectivity index (χ1) is 19.1. The molecule has 3 rings (SSSR count). The summed E-state index contributed by atoms with van der Waals surface area (Å²) < 4.78 is 34.1. The van der Waals surface area contributed by atoms with E-state index in [9.17, 15) is 18.0 Å². The summed E-state index contributed by atoms with van der Waals surface area (Å²) in [6.07, 6.45) is 0.367. The molecular weight excluding hydrogens is 526 g/mol. The molecule has 0 unspecified atom stereocenters. The number of carbonyl (C=O) groups excluding carboxylic acids is 2. The third-order valence-corrected chi connectivity index (χ3v) is 8.28. The number of anilines is 1. The SMILES string of the molecule is CC[C@H](C(=O)NCC(C)C)N(Cc1ccc(C)cc1)C(=O)CN(c1cccc(OC)c1)S(=O)(=O)c1ccccc1. The molecule has 3 aromatic carbocycles. The van der Waals surface area contributed by atoms with Crippen LogP contribution in [0.15, 0.2) is 83.8 Å². The molecule has 0 heterocycles. The molecule has 1 atom stereocenters. The number of aryl methyl sites for hydroxylation is 1. The molecule has 0 radical (unpaired) electrons. The standard InChI is InChI=1S/C31H39N3O5S/c1-6-29(31(36)32-20-23(2)3)33(21-25-17-15-24(4)16-18-25)30(35)22-34(26-11-10-12-27(19-26)39-5)40(37,38)28-13-8-7-9-14-28/h7-19,23,29H,6,20-22H2,1-5H3,(H,32,36)/t29-/m1/s1. The van der Waals surface area contributed by atoms with Crippen LogP contribution in [-0.2, 0) is 26.2 Å². The minimum absolute atomic E-state index is 0.0532. The molecule has 0 aliphatic heterocycles. The second-order valence-electron chi connectivity index (χ2n) is 10.1. The fourth-order valence-electron chi connectivity index (χ4n) is 4.25. The summed E-state index contributed by atoms with van der Waals surface area (Å²) in [5, 5.41) is 2.94. The maximum atomic E-state index is 14.1. The van der Waals surface area contributed by atoms with Gasteiger partial charge < -0.3 is 15.0 Å². The zero-order valence-electron chi connectivity index (χ0n) is 23.8. The first-order valence-corrected chi connectivity index (χ1v) is 14.8. The van der Waals surface area contributed by atoms with Crippen molar-refractivity contribution in [2.24, 2.45) is 5.92 Å². The van der Waals surface area contributed by atoms with Gasteiger partial charge in [0, 0.05) is 19.2 Å². The second kappa shape index (κ2) is 14.0. The molecule has 1 N–H and O–H groups in total. The summed E-state index contributed by atoms with van der Waals surface area (Å²) in [7, 11) is -2.64. The minimum Gasteiger partial charge on any atom is -0.497 e. The Bertz CT molecular complexity index is 1380. The van der Waals surface area contributed by atoms with Crippen LogP contribution >= 0.6 is 0 Å². The molecule has 0 saturated carbocycles. The number of carbonyl (C=O) groups is 2. The molecule has 2 amide bonds. The van der Waals surface area contributed by atoms with Crippen LogP contribution < -0.4 is 14.4 Å². The Morgan fingerprint density at radius 2 is 1.62 bits per heavy atom. The van der Waals surface area contributed by atoms with Crippen molar-refractivity contribution in [2.45, 2.75) is 51.6 Å². The first kappa shape index (κ1) is 30.7. The Kier molecular flexibility index (Phi) is 10.7. The zero-order valence-corrected chi connectivity index (χ0v) is 24.6. The number of hydrogen-bond acceptors (Lipinski definition) is 5. The Morgan fingerprint density at radius 3 is 2.23 bits per heavy atom. The van der Waals surface area contributed by atoms with E-state index in [-0.39, 0.29) is 29.0 Å². The van der Waals surface area contributed by atoms with E-state index in [4.69, 9.17) is 4.74 Å². The Morgan fingerprint density at radius 1 is 0.950 bits per heavy atom. The highest BCUT2D eigenvalue weighted by Crippen LogP contribution is 2.27. The van der Waals surface area contributed by atoms with Gasteiger partial charge in [-0.05, 0) is 49.1 Å². The Hall–Kier alpha value is -3.85. The van der Waals surface area contributed by atoms with Gasteiger partial charge in [0.1, 0.15) is 18.3 Å². The van der Waals surface area contributed by atoms with Crippen molar-refractivity contribution in [3.8, 4) is 5.75 Å². The van der Waals surface area contributed by atoms with Crippen LogP contribution in [0.1, 0.15) is 38.3 Å². The van der Waals surface area contributed by atoms with Gasteiger partial charge in [-0.1, -0.05) is 74.9 Å². The number of benzene rings is 3. The molecule has 40 heavy (non-hydrogen) atoms. The van der Waals surface area contributed by atoms with Gasteiger partial charge in [0.2, 0.25) is 11.8 Å². The van der Waals surface area contributed by atoms with Gasteiger partial charge >= 0.3 is 0 Å². The molecule has 0 aliphatic rings. The zero-order chi connectivity index (χ0) is 29.3. The van der Waals surface area contributed by atoms with E-state index in [2.05, 4.69) is 5.32 Å². The average molecular weight is 566 g/mol. The quantitative estimate of drug-likeness (QED) is 0.322. The summed E-state index contributed by atoms with van der Waals surface area (Å²) >= 11 is 0. The fraction of sp³-hybridized carbons (Fsp3) is 0.355. The predicted molar refractivity (Wildman–Crippen MR) is 158 cm³/mol. The highest BCUT2D eigenvalue weighted by molar-refractivity contribution is 7.92. The Labute approximate surface area is 238 Å². The molecule has 9 heteroatoms. The smallest absolute Gasteiger partial charge is 0.264 e. The van der Waals surface area contributed by atoms with Crippen LogP contribution in [0.2, 0.25) is 0 Å². The van der Waals surface area contributed by atoms with E-state index < -0.39 is 28.5 Å². The number of hydrogen-bond donors (Lipinski definition) is 1. The third kappa shape index (κ3) is 7.85. The average Bonchev–Trinajstić information content (AvgIpc) is 2.95. The van der Waals surface area contributed by atoms with Crippen LogP contribution in [0.3, 0.4) is 0 Å². The number of amides is 2. The van der Waals surface area contributed by atoms with E-state index in [1.54, 1.807) is 42.5 Å². The second-order valence-corrected chi connectivity index (χ2v) is 12.0. The highest BCUT2D eigenvalue weighted by Gasteiger charge is 2.33. The van der Waals surface area contributed by atoms with Gasteiger partial charge in [-0.25, -0.2) is 8.42 Å². The van der Waals surface area contributed by atoms with Crippen LogP contribution in [0.25, 0.3) is 0 Å². The molecule has 8 nitrogen and oxygen atoms in total. The number of nitrogens with zero attached hydrogens (tertiary/aromatic N) is 2. The first-order valence-electron chi connectivity index (χ1n) is 13.4. The number of nitrogens with one attached hydrogen (secondary N) is 1. The number of methoxy groups -OCH3 is 1. The van der Waals surface area contributed by atoms with Crippen molar-refractivity contribution in [1.29, 1.82) is 0 Å². The fourth-order valence-corrected chi connectivity index (χ4v) is 5.67. The number of rotatable bonds is 13. The minimum atomic E-state index is -4.13. The summed E-state index contributed by atoms with van der Waals surface area (Å²) in [5.74, 6) is -0.0681. The number of sulfonamides is 1. The van der Waals surface area contributed by atoms with Crippen LogP contribution in [0.4, 0.5) is 5.69 Å². The van der Waals surface area contributed by atoms with Crippen molar-refractivity contribution in [3.05, 3.63) is 90.0 Å². The Balaban J connectivity index is 2.05. The molecule has 214 valence electrons. The van der Waals surface area contributed by atoms with E-state index >= 15 is 0 Å². The van der Waals surface area contributed by atoms with Gasteiger partial charge in [0.15, 0.2) is 0 Å². The van der Waals surface area contributed by atoms with Crippen LogP contribution in [0, 0.1) is 12.8 Å². The van der Waals surface area contributed by atoms with Gasteiger partial charge in [-0.2, -0.15) is 0 Å². The lowest BCUT2D eigenvalue weighted by molar-refractivity contribution is -0.140. The topological polar surface area (TPSA) is 96.0 Å². The molecule has 3 aromatic rings. The molecular formula is C31H39N3O5S.